The molecule has 0 radical (unpaired) electrons. The number of hydrogen-bond acceptors (Lipinski definition) is 2. The van der Waals surface area contributed by atoms with E-state index in [1.54, 1.807) is 14.1 Å². The van der Waals surface area contributed by atoms with E-state index >= 15 is 0 Å². The van der Waals surface area contributed by atoms with Gasteiger partial charge in [-0.05, 0) is 12.0 Å². The normalized spacial score (nSPS) is 12.2. The lowest BCUT2D eigenvalue weighted by atomic mass is 10.0. The third kappa shape index (κ3) is 3.72. The smallest absolute Gasteiger partial charge is 0.222 e. The molecule has 0 aliphatic carbocycles. The topological polar surface area (TPSA) is 40.5 Å². The number of carbonyl (C=O) groups is 1. The summed E-state index contributed by atoms with van der Waals surface area (Å²) in [4.78, 5) is 12.8. The molecular weight excluding hydrogens is 190 g/mol. The minimum Gasteiger partial charge on any atom is -0.388 e. The largest absolute Gasteiger partial charge is 0.388 e. The predicted octanol–water partition coefficient (Wildman–Crippen LogP) is 1.59. The molecule has 3 nitrogen and oxygen atoms in total. The van der Waals surface area contributed by atoms with Crippen molar-refractivity contribution < 1.29 is 9.90 Å². The Morgan fingerprint density at radius 1 is 1.33 bits per heavy atom. The summed E-state index contributed by atoms with van der Waals surface area (Å²) in [5.41, 5.74) is 0.865. The van der Waals surface area contributed by atoms with Crippen LogP contribution in [0.1, 0.15) is 24.5 Å². The minimum atomic E-state index is -0.546. The molecule has 0 heterocycles. The van der Waals surface area contributed by atoms with Crippen LogP contribution in [0.4, 0.5) is 0 Å². The van der Waals surface area contributed by atoms with Gasteiger partial charge in [0.1, 0.15) is 0 Å². The van der Waals surface area contributed by atoms with E-state index in [1.807, 2.05) is 30.3 Å². The first-order chi connectivity index (χ1) is 7.11. The average molecular weight is 207 g/mol. The van der Waals surface area contributed by atoms with E-state index in [0.717, 1.165) is 5.56 Å². The molecule has 1 unspecified atom stereocenters. The fourth-order valence-corrected chi connectivity index (χ4v) is 1.33. The van der Waals surface area contributed by atoms with Crippen LogP contribution in [0, 0.1) is 0 Å². The highest BCUT2D eigenvalue weighted by molar-refractivity contribution is 5.75. The van der Waals surface area contributed by atoms with Gasteiger partial charge in [-0.2, -0.15) is 0 Å². The van der Waals surface area contributed by atoms with Gasteiger partial charge in [-0.25, -0.2) is 0 Å². The minimum absolute atomic E-state index is 0.0463. The van der Waals surface area contributed by atoms with Crippen LogP contribution >= 0.6 is 0 Å². The Morgan fingerprint density at radius 2 is 1.93 bits per heavy atom. The maximum Gasteiger partial charge on any atom is 0.222 e. The van der Waals surface area contributed by atoms with E-state index in [9.17, 15) is 9.90 Å². The number of aliphatic hydroxyl groups is 1. The van der Waals surface area contributed by atoms with Crippen LogP contribution in [0.3, 0.4) is 0 Å². The molecule has 1 N–H and O–H groups in total. The molecule has 1 amide bonds. The summed E-state index contributed by atoms with van der Waals surface area (Å²) in [7, 11) is 3.44. The molecule has 1 aromatic carbocycles. The van der Waals surface area contributed by atoms with Gasteiger partial charge in [-0.1, -0.05) is 30.3 Å². The lowest BCUT2D eigenvalue weighted by Crippen LogP contribution is -2.21. The highest BCUT2D eigenvalue weighted by atomic mass is 16.3. The first kappa shape index (κ1) is 11.7. The van der Waals surface area contributed by atoms with Gasteiger partial charge in [0.05, 0.1) is 6.10 Å². The molecule has 0 spiro atoms. The number of carbonyl (C=O) groups excluding carboxylic acids is 1. The van der Waals surface area contributed by atoms with E-state index in [4.69, 9.17) is 0 Å². The fraction of sp³-hybridized carbons (Fsp3) is 0.417. The Morgan fingerprint density at radius 3 is 2.47 bits per heavy atom. The van der Waals surface area contributed by atoms with E-state index in [1.165, 1.54) is 4.90 Å². The summed E-state index contributed by atoms with van der Waals surface area (Å²) in [6, 6.07) is 9.40. The van der Waals surface area contributed by atoms with Gasteiger partial charge < -0.3 is 10.0 Å². The van der Waals surface area contributed by atoms with Crippen LogP contribution in [0.5, 0.6) is 0 Å². The highest BCUT2D eigenvalue weighted by Crippen LogP contribution is 2.17. The second-order valence-corrected chi connectivity index (χ2v) is 3.75. The van der Waals surface area contributed by atoms with Crippen LogP contribution in [0.2, 0.25) is 0 Å². The number of nitrogens with zero attached hydrogens (tertiary/aromatic N) is 1. The van der Waals surface area contributed by atoms with Crippen LogP contribution in [-0.4, -0.2) is 30.0 Å². The molecule has 0 saturated heterocycles. The lowest BCUT2D eigenvalue weighted by molar-refractivity contribution is -0.129. The molecule has 0 aliphatic heterocycles. The number of amides is 1. The van der Waals surface area contributed by atoms with Gasteiger partial charge in [0.2, 0.25) is 5.91 Å². The number of rotatable bonds is 4. The summed E-state index contributed by atoms with van der Waals surface area (Å²) in [6.07, 6.45) is 0.305. The molecule has 15 heavy (non-hydrogen) atoms. The van der Waals surface area contributed by atoms with Crippen LogP contribution < -0.4 is 0 Å². The van der Waals surface area contributed by atoms with Crippen LogP contribution in [0.25, 0.3) is 0 Å². The van der Waals surface area contributed by atoms with Crippen molar-refractivity contribution in [2.45, 2.75) is 18.9 Å². The molecule has 0 bridgehead atoms. The van der Waals surface area contributed by atoms with Crippen molar-refractivity contribution >= 4 is 5.91 Å². The molecule has 1 aromatic rings. The third-order valence-electron chi connectivity index (χ3n) is 2.31. The molecule has 0 aromatic heterocycles. The molecule has 3 heteroatoms. The zero-order chi connectivity index (χ0) is 11.3. The van der Waals surface area contributed by atoms with Gasteiger partial charge in [0.25, 0.3) is 0 Å². The van der Waals surface area contributed by atoms with E-state index in [2.05, 4.69) is 0 Å². The van der Waals surface area contributed by atoms with Crippen molar-refractivity contribution in [1.29, 1.82) is 0 Å². The monoisotopic (exact) mass is 207 g/mol. The molecule has 0 saturated carbocycles. The summed E-state index contributed by atoms with van der Waals surface area (Å²) in [5, 5.41) is 9.78. The standard InChI is InChI=1S/C12H17NO2/c1-13(2)12(15)9-8-11(14)10-6-4-3-5-7-10/h3-7,11,14H,8-9H2,1-2H3. The first-order valence-electron chi connectivity index (χ1n) is 5.04. The lowest BCUT2D eigenvalue weighted by Gasteiger charge is -2.13. The Labute approximate surface area is 90.3 Å². The maximum atomic E-state index is 11.3. The molecule has 0 fully saturated rings. The number of hydrogen-bond donors (Lipinski definition) is 1. The Balaban J connectivity index is 2.44. The van der Waals surface area contributed by atoms with E-state index in [0.29, 0.717) is 12.8 Å². The summed E-state index contributed by atoms with van der Waals surface area (Å²) >= 11 is 0. The van der Waals surface area contributed by atoms with Crippen LogP contribution in [-0.2, 0) is 4.79 Å². The zero-order valence-corrected chi connectivity index (χ0v) is 9.18. The van der Waals surface area contributed by atoms with Crippen molar-refractivity contribution in [1.82, 2.24) is 4.90 Å². The number of aliphatic hydroxyl groups excluding tert-OH is 1. The molecule has 82 valence electrons. The third-order valence-corrected chi connectivity index (χ3v) is 2.31. The summed E-state index contributed by atoms with van der Waals surface area (Å²) < 4.78 is 0. The van der Waals surface area contributed by atoms with E-state index in [-0.39, 0.29) is 5.91 Å². The van der Waals surface area contributed by atoms with E-state index < -0.39 is 6.10 Å². The van der Waals surface area contributed by atoms with Crippen molar-refractivity contribution in [2.24, 2.45) is 0 Å². The van der Waals surface area contributed by atoms with Gasteiger partial charge in [-0.3, -0.25) is 4.79 Å². The molecule has 0 aliphatic rings. The quantitative estimate of drug-likeness (QED) is 0.814. The van der Waals surface area contributed by atoms with Crippen LogP contribution in [0.15, 0.2) is 30.3 Å². The Bertz CT molecular complexity index is 309. The van der Waals surface area contributed by atoms with Gasteiger partial charge in [-0.15, -0.1) is 0 Å². The Kier molecular flexibility index (Phi) is 4.31. The zero-order valence-electron chi connectivity index (χ0n) is 9.18. The first-order valence-corrected chi connectivity index (χ1v) is 5.04. The summed E-state index contributed by atoms with van der Waals surface area (Å²) in [5.74, 6) is 0.0463. The molecular formula is C12H17NO2. The summed E-state index contributed by atoms with van der Waals surface area (Å²) in [6.45, 7) is 0. The van der Waals surface area contributed by atoms with Gasteiger partial charge >= 0.3 is 0 Å². The SMILES string of the molecule is CN(C)C(=O)CCC(O)c1ccccc1. The van der Waals surface area contributed by atoms with Crippen molar-refractivity contribution in [3.63, 3.8) is 0 Å². The number of benzene rings is 1. The molecule has 1 rings (SSSR count). The second-order valence-electron chi connectivity index (χ2n) is 3.75. The predicted molar refractivity (Wildman–Crippen MR) is 59.3 cm³/mol. The second kappa shape index (κ2) is 5.51. The average Bonchev–Trinajstić information content (AvgIpc) is 2.26. The van der Waals surface area contributed by atoms with Gasteiger partial charge in [0, 0.05) is 20.5 Å². The highest BCUT2D eigenvalue weighted by Gasteiger charge is 2.10. The van der Waals surface area contributed by atoms with Crippen molar-refractivity contribution in [2.75, 3.05) is 14.1 Å². The fourth-order valence-electron chi connectivity index (χ4n) is 1.33. The Hall–Kier alpha value is -1.35. The van der Waals surface area contributed by atoms with Crippen molar-refractivity contribution in [3.8, 4) is 0 Å². The molecule has 1 atom stereocenters. The van der Waals surface area contributed by atoms with Crippen molar-refractivity contribution in [3.05, 3.63) is 35.9 Å². The maximum absolute atomic E-state index is 11.3. The van der Waals surface area contributed by atoms with Gasteiger partial charge in [0.15, 0.2) is 0 Å².